The van der Waals surface area contributed by atoms with Crippen LogP contribution in [0.15, 0.2) is 46.9 Å². The molecular formula is C16H17BrClN. The largest absolute Gasteiger partial charge is 0.377 e. The second-order valence-corrected chi connectivity index (χ2v) is 5.96. The number of hydrogen-bond donors (Lipinski definition) is 1. The van der Waals surface area contributed by atoms with Gasteiger partial charge in [-0.3, -0.25) is 0 Å². The van der Waals surface area contributed by atoms with Crippen LogP contribution in [-0.2, 0) is 0 Å². The normalized spacial score (nSPS) is 12.2. The van der Waals surface area contributed by atoms with Gasteiger partial charge in [-0.2, -0.15) is 0 Å². The van der Waals surface area contributed by atoms with Gasteiger partial charge in [-0.15, -0.1) is 0 Å². The van der Waals surface area contributed by atoms with E-state index in [1.54, 1.807) is 0 Å². The van der Waals surface area contributed by atoms with E-state index in [-0.39, 0.29) is 6.04 Å². The van der Waals surface area contributed by atoms with Crippen molar-refractivity contribution in [3.63, 3.8) is 0 Å². The van der Waals surface area contributed by atoms with Crippen molar-refractivity contribution in [1.29, 1.82) is 0 Å². The monoisotopic (exact) mass is 337 g/mol. The number of rotatable bonds is 4. The predicted octanol–water partition coefficient (Wildman–Crippen LogP) is 5.97. The molecule has 0 radical (unpaired) electrons. The smallest absolute Gasteiger partial charge is 0.0638 e. The van der Waals surface area contributed by atoms with Gasteiger partial charge in [0.2, 0.25) is 0 Å². The van der Waals surface area contributed by atoms with Crippen LogP contribution in [-0.4, -0.2) is 0 Å². The van der Waals surface area contributed by atoms with E-state index in [0.29, 0.717) is 0 Å². The lowest BCUT2D eigenvalue weighted by Gasteiger charge is -2.20. The zero-order valence-electron chi connectivity index (χ0n) is 11.1. The van der Waals surface area contributed by atoms with Gasteiger partial charge in [0.05, 0.1) is 16.8 Å². The third-order valence-corrected chi connectivity index (χ3v) is 3.97. The van der Waals surface area contributed by atoms with Gasteiger partial charge in [0.25, 0.3) is 0 Å². The zero-order valence-corrected chi connectivity index (χ0v) is 13.4. The van der Waals surface area contributed by atoms with E-state index >= 15 is 0 Å². The average molecular weight is 339 g/mol. The summed E-state index contributed by atoms with van der Waals surface area (Å²) in [5.41, 5.74) is 3.52. The summed E-state index contributed by atoms with van der Waals surface area (Å²) in [6.45, 7) is 4.27. The summed E-state index contributed by atoms with van der Waals surface area (Å²) in [5.74, 6) is 0. The van der Waals surface area contributed by atoms with E-state index in [9.17, 15) is 0 Å². The fourth-order valence-electron chi connectivity index (χ4n) is 2.02. The van der Waals surface area contributed by atoms with Crippen molar-refractivity contribution in [2.45, 2.75) is 26.3 Å². The second kappa shape index (κ2) is 6.44. The third kappa shape index (κ3) is 3.74. The molecule has 1 N–H and O–H groups in total. The van der Waals surface area contributed by atoms with Gasteiger partial charge in [0, 0.05) is 4.47 Å². The molecule has 0 amide bonds. The molecule has 0 aliphatic heterocycles. The van der Waals surface area contributed by atoms with E-state index in [2.05, 4.69) is 59.4 Å². The molecule has 1 unspecified atom stereocenters. The quantitative estimate of drug-likeness (QED) is 0.723. The van der Waals surface area contributed by atoms with Crippen LogP contribution < -0.4 is 5.32 Å². The number of benzene rings is 2. The highest BCUT2D eigenvalue weighted by Crippen LogP contribution is 2.30. The minimum Gasteiger partial charge on any atom is -0.377 e. The molecule has 2 rings (SSSR count). The Balaban J connectivity index is 2.23. The van der Waals surface area contributed by atoms with Gasteiger partial charge < -0.3 is 5.32 Å². The van der Waals surface area contributed by atoms with Crippen molar-refractivity contribution in [2.24, 2.45) is 0 Å². The zero-order chi connectivity index (χ0) is 13.8. The van der Waals surface area contributed by atoms with Crippen LogP contribution in [0, 0.1) is 6.92 Å². The Hall–Kier alpha value is -0.990. The molecule has 0 aromatic heterocycles. The molecule has 0 saturated carbocycles. The van der Waals surface area contributed by atoms with Crippen molar-refractivity contribution in [1.82, 2.24) is 0 Å². The Kier molecular flexibility index (Phi) is 4.89. The molecule has 2 aromatic rings. The lowest BCUT2D eigenvalue weighted by atomic mass is 10.0. The summed E-state index contributed by atoms with van der Waals surface area (Å²) in [7, 11) is 0. The van der Waals surface area contributed by atoms with E-state index in [0.717, 1.165) is 21.6 Å². The molecule has 0 aliphatic carbocycles. The minimum absolute atomic E-state index is 0.271. The highest BCUT2D eigenvalue weighted by molar-refractivity contribution is 9.10. The molecule has 100 valence electrons. The van der Waals surface area contributed by atoms with Crippen LogP contribution >= 0.6 is 27.5 Å². The summed E-state index contributed by atoms with van der Waals surface area (Å²) in [6.07, 6.45) is 1.01. The second-order valence-electron chi connectivity index (χ2n) is 4.64. The van der Waals surface area contributed by atoms with E-state index in [1.165, 1.54) is 11.1 Å². The average Bonchev–Trinajstić information content (AvgIpc) is 2.41. The molecule has 0 aliphatic rings. The van der Waals surface area contributed by atoms with E-state index in [1.807, 2.05) is 18.2 Å². The summed E-state index contributed by atoms with van der Waals surface area (Å²) in [5, 5.41) is 4.26. The minimum atomic E-state index is 0.271. The van der Waals surface area contributed by atoms with Crippen LogP contribution in [0.2, 0.25) is 5.02 Å². The Morgan fingerprint density at radius 3 is 2.47 bits per heavy atom. The predicted molar refractivity (Wildman–Crippen MR) is 87.0 cm³/mol. The van der Waals surface area contributed by atoms with Crippen molar-refractivity contribution < 1.29 is 0 Å². The van der Waals surface area contributed by atoms with Crippen LogP contribution in [0.25, 0.3) is 0 Å². The molecule has 0 fully saturated rings. The molecule has 19 heavy (non-hydrogen) atoms. The Labute approximate surface area is 128 Å². The summed E-state index contributed by atoms with van der Waals surface area (Å²) < 4.78 is 1.03. The van der Waals surface area contributed by atoms with Gasteiger partial charge in [0.15, 0.2) is 0 Å². The number of halogens is 2. The third-order valence-electron chi connectivity index (χ3n) is 3.15. The van der Waals surface area contributed by atoms with Crippen LogP contribution in [0.5, 0.6) is 0 Å². The fourth-order valence-corrected chi connectivity index (χ4v) is 2.55. The molecule has 1 nitrogen and oxygen atoms in total. The first-order valence-electron chi connectivity index (χ1n) is 6.38. The summed E-state index contributed by atoms with van der Waals surface area (Å²) >= 11 is 9.70. The van der Waals surface area contributed by atoms with Crippen molar-refractivity contribution in [3.8, 4) is 0 Å². The summed E-state index contributed by atoms with van der Waals surface area (Å²) in [4.78, 5) is 0. The first kappa shape index (κ1) is 14.4. The number of nitrogens with one attached hydrogen (secondary N) is 1. The maximum absolute atomic E-state index is 6.23. The molecule has 1 atom stereocenters. The Bertz CT molecular complexity index is 551. The highest BCUT2D eigenvalue weighted by atomic mass is 79.9. The molecule has 0 spiro atoms. The molecule has 0 heterocycles. The number of hydrogen-bond acceptors (Lipinski definition) is 1. The van der Waals surface area contributed by atoms with Crippen molar-refractivity contribution >= 4 is 33.2 Å². The molecule has 0 saturated heterocycles. The molecule has 3 heteroatoms. The van der Waals surface area contributed by atoms with Gasteiger partial charge >= 0.3 is 0 Å². The molecule has 0 bridgehead atoms. The standard InChI is InChI=1S/C16H17BrClN/c1-3-15(12-6-4-11(2)5-7-12)19-16-10-13(17)8-9-14(16)18/h4-10,15,19H,3H2,1-2H3. The SMILES string of the molecule is CCC(Nc1cc(Br)ccc1Cl)c1ccc(C)cc1. The lowest BCUT2D eigenvalue weighted by Crippen LogP contribution is -2.10. The van der Waals surface area contributed by atoms with Gasteiger partial charge in [-0.05, 0) is 37.1 Å². The first-order valence-corrected chi connectivity index (χ1v) is 7.55. The van der Waals surface area contributed by atoms with Crippen molar-refractivity contribution in [3.05, 3.63) is 63.1 Å². The highest BCUT2D eigenvalue weighted by Gasteiger charge is 2.11. The fraction of sp³-hybridized carbons (Fsp3) is 0.250. The van der Waals surface area contributed by atoms with Crippen molar-refractivity contribution in [2.75, 3.05) is 5.32 Å². The maximum Gasteiger partial charge on any atom is 0.0638 e. The molecular weight excluding hydrogens is 322 g/mol. The Morgan fingerprint density at radius 2 is 1.84 bits per heavy atom. The topological polar surface area (TPSA) is 12.0 Å². The van der Waals surface area contributed by atoms with Gasteiger partial charge in [-0.1, -0.05) is 64.3 Å². The number of anilines is 1. The maximum atomic E-state index is 6.23. The van der Waals surface area contributed by atoms with Crippen LogP contribution in [0.1, 0.15) is 30.5 Å². The van der Waals surface area contributed by atoms with E-state index in [4.69, 9.17) is 11.6 Å². The van der Waals surface area contributed by atoms with Gasteiger partial charge in [-0.25, -0.2) is 0 Å². The van der Waals surface area contributed by atoms with Crippen LogP contribution in [0.4, 0.5) is 5.69 Å². The van der Waals surface area contributed by atoms with Gasteiger partial charge in [0.1, 0.15) is 0 Å². The van der Waals surface area contributed by atoms with Crippen LogP contribution in [0.3, 0.4) is 0 Å². The number of aryl methyl sites for hydroxylation is 1. The summed E-state index contributed by atoms with van der Waals surface area (Å²) in [6, 6.07) is 14.7. The lowest BCUT2D eigenvalue weighted by molar-refractivity contribution is 0.749. The first-order chi connectivity index (χ1) is 9.10. The molecule has 2 aromatic carbocycles. The Morgan fingerprint density at radius 1 is 1.16 bits per heavy atom. The van der Waals surface area contributed by atoms with E-state index < -0.39 is 0 Å².